The average Bonchev–Trinajstić information content (AvgIpc) is 3.03. The molecule has 0 aliphatic rings. The Morgan fingerprint density at radius 3 is 2.95 bits per heavy atom. The van der Waals surface area contributed by atoms with Crippen LogP contribution in [-0.2, 0) is 4.79 Å². The van der Waals surface area contributed by atoms with E-state index in [0.29, 0.717) is 17.0 Å². The molecule has 2 heterocycles. The highest BCUT2D eigenvalue weighted by Crippen LogP contribution is 2.20. The molecular weight excluding hydrogens is 270 g/mol. The molecule has 0 saturated heterocycles. The molecule has 0 aromatic carbocycles. The summed E-state index contributed by atoms with van der Waals surface area (Å²) in [6.45, 7) is 1.69. The fraction of sp³-hybridized carbons (Fsp3) is 0.300. The Kier molecular flexibility index (Phi) is 3.85. The lowest BCUT2D eigenvalue weighted by molar-refractivity contribution is -0.139. The highest BCUT2D eigenvalue weighted by atomic mass is 32.1. The first-order valence-corrected chi connectivity index (χ1v) is 6.36. The van der Waals surface area contributed by atoms with Gasteiger partial charge in [0, 0.05) is 0 Å². The number of hydrogen-bond donors (Lipinski definition) is 2. The minimum atomic E-state index is -1.06. The van der Waals surface area contributed by atoms with Gasteiger partial charge in [0.05, 0.1) is 5.69 Å². The van der Waals surface area contributed by atoms with Gasteiger partial charge in [0.15, 0.2) is 0 Å². The predicted octanol–water partition coefficient (Wildman–Crippen LogP) is 0.317. The normalized spacial score (nSPS) is 12.1. The van der Waals surface area contributed by atoms with Crippen molar-refractivity contribution in [2.75, 3.05) is 0 Å². The zero-order valence-corrected chi connectivity index (χ0v) is 10.8. The number of aliphatic carboxylic acids is 1. The lowest BCUT2D eigenvalue weighted by Crippen LogP contribution is -2.40. The van der Waals surface area contributed by atoms with Crippen LogP contribution in [0.2, 0.25) is 0 Å². The van der Waals surface area contributed by atoms with E-state index in [0.717, 1.165) is 0 Å². The fourth-order valence-corrected chi connectivity index (χ4v) is 2.27. The van der Waals surface area contributed by atoms with Crippen LogP contribution in [0.15, 0.2) is 17.8 Å². The van der Waals surface area contributed by atoms with Crippen LogP contribution in [0.1, 0.15) is 23.0 Å². The number of aromatic nitrogens is 4. The quantitative estimate of drug-likeness (QED) is 0.816. The number of thiophene rings is 1. The number of nitrogens with one attached hydrogen (secondary N) is 1. The summed E-state index contributed by atoms with van der Waals surface area (Å²) in [7, 11) is 0. The highest BCUT2D eigenvalue weighted by Gasteiger charge is 2.22. The average molecular weight is 281 g/mol. The number of nitrogens with zero attached hydrogens (tertiary/aromatic N) is 4. The summed E-state index contributed by atoms with van der Waals surface area (Å²) < 4.78 is 1.35. The van der Waals surface area contributed by atoms with Crippen LogP contribution in [0.5, 0.6) is 0 Å². The van der Waals surface area contributed by atoms with Crippen LogP contribution in [0.25, 0.3) is 5.69 Å². The monoisotopic (exact) mass is 281 g/mol. The van der Waals surface area contributed by atoms with Crippen LogP contribution < -0.4 is 5.32 Å². The molecule has 2 aromatic rings. The zero-order valence-electron chi connectivity index (χ0n) is 9.98. The van der Waals surface area contributed by atoms with Gasteiger partial charge in [-0.15, -0.1) is 16.4 Å². The molecule has 0 bridgehead atoms. The molecule has 2 rings (SSSR count). The number of tetrazole rings is 1. The number of rotatable bonds is 5. The molecule has 8 nitrogen and oxygen atoms in total. The number of carboxylic acids is 1. The summed E-state index contributed by atoms with van der Waals surface area (Å²) in [4.78, 5) is 23.3. The van der Waals surface area contributed by atoms with E-state index in [-0.39, 0.29) is 0 Å². The summed E-state index contributed by atoms with van der Waals surface area (Å²) in [6, 6.07) is 0.786. The maximum Gasteiger partial charge on any atom is 0.326 e. The van der Waals surface area contributed by atoms with Gasteiger partial charge in [0.2, 0.25) is 0 Å². The van der Waals surface area contributed by atoms with E-state index in [9.17, 15) is 9.59 Å². The molecule has 2 aromatic heterocycles. The van der Waals surface area contributed by atoms with Crippen LogP contribution in [-0.4, -0.2) is 43.2 Å². The molecule has 0 aliphatic carbocycles. The lowest BCUT2D eigenvalue weighted by atomic mass is 10.2. The highest BCUT2D eigenvalue weighted by molar-refractivity contribution is 7.12. The molecule has 0 saturated carbocycles. The minimum Gasteiger partial charge on any atom is -0.480 e. The van der Waals surface area contributed by atoms with E-state index in [1.165, 1.54) is 22.3 Å². The molecule has 0 fully saturated rings. The molecule has 2 N–H and O–H groups in total. The fourth-order valence-electron chi connectivity index (χ4n) is 1.49. The number of carbonyl (C=O) groups excluding carboxylic acids is 1. The molecule has 1 atom stereocenters. The molecule has 1 amide bonds. The molecule has 0 unspecified atom stereocenters. The summed E-state index contributed by atoms with van der Waals surface area (Å²) in [6.07, 6.45) is 1.68. The molecule has 0 aliphatic heterocycles. The van der Waals surface area contributed by atoms with E-state index < -0.39 is 17.9 Å². The third kappa shape index (κ3) is 2.76. The first-order valence-electron chi connectivity index (χ1n) is 5.48. The van der Waals surface area contributed by atoms with Crippen LogP contribution in [0.4, 0.5) is 0 Å². The first kappa shape index (κ1) is 13.1. The van der Waals surface area contributed by atoms with Gasteiger partial charge < -0.3 is 10.4 Å². The first-order chi connectivity index (χ1) is 9.13. The third-order valence-corrected chi connectivity index (χ3v) is 3.36. The minimum absolute atomic E-state index is 0.312. The van der Waals surface area contributed by atoms with Gasteiger partial charge in [-0.1, -0.05) is 6.92 Å². The maximum atomic E-state index is 12.0. The van der Waals surface area contributed by atoms with Gasteiger partial charge in [-0.05, 0) is 28.3 Å². The second kappa shape index (κ2) is 5.57. The largest absolute Gasteiger partial charge is 0.480 e. The molecule has 0 spiro atoms. The Balaban J connectivity index is 2.21. The van der Waals surface area contributed by atoms with Crippen molar-refractivity contribution < 1.29 is 14.7 Å². The van der Waals surface area contributed by atoms with Crippen molar-refractivity contribution in [2.45, 2.75) is 19.4 Å². The van der Waals surface area contributed by atoms with Crippen molar-refractivity contribution in [1.29, 1.82) is 0 Å². The van der Waals surface area contributed by atoms with E-state index in [1.807, 2.05) is 0 Å². The van der Waals surface area contributed by atoms with Gasteiger partial charge >= 0.3 is 5.97 Å². The smallest absolute Gasteiger partial charge is 0.326 e. The van der Waals surface area contributed by atoms with Gasteiger partial charge in [-0.3, -0.25) is 4.79 Å². The zero-order chi connectivity index (χ0) is 13.8. The number of carboxylic acid groups (broad SMARTS) is 1. The Morgan fingerprint density at radius 2 is 2.37 bits per heavy atom. The van der Waals surface area contributed by atoms with E-state index >= 15 is 0 Å². The van der Waals surface area contributed by atoms with Crippen molar-refractivity contribution in [3.05, 3.63) is 22.7 Å². The molecule has 19 heavy (non-hydrogen) atoms. The topological polar surface area (TPSA) is 110 Å². The molecule has 100 valence electrons. The summed E-state index contributed by atoms with van der Waals surface area (Å²) >= 11 is 1.20. The van der Waals surface area contributed by atoms with Crippen molar-refractivity contribution in [1.82, 2.24) is 25.5 Å². The van der Waals surface area contributed by atoms with Crippen molar-refractivity contribution in [3.63, 3.8) is 0 Å². The number of hydrogen-bond acceptors (Lipinski definition) is 6. The second-order valence-electron chi connectivity index (χ2n) is 3.66. The second-order valence-corrected chi connectivity index (χ2v) is 4.58. The van der Waals surface area contributed by atoms with E-state index in [2.05, 4.69) is 20.8 Å². The summed E-state index contributed by atoms with van der Waals surface area (Å²) in [5.74, 6) is -1.51. The Bertz CT molecular complexity index is 580. The van der Waals surface area contributed by atoms with Gasteiger partial charge in [0.1, 0.15) is 17.2 Å². The van der Waals surface area contributed by atoms with Gasteiger partial charge in [-0.25, -0.2) is 4.79 Å². The van der Waals surface area contributed by atoms with Crippen LogP contribution in [0, 0.1) is 0 Å². The SMILES string of the molecule is CC[C@@H](NC(=O)c1sccc1-n1cnnn1)C(=O)O. The van der Waals surface area contributed by atoms with Crippen molar-refractivity contribution in [3.8, 4) is 5.69 Å². The maximum absolute atomic E-state index is 12.0. The Hall–Kier alpha value is -2.29. The number of carbonyl (C=O) groups is 2. The van der Waals surface area contributed by atoms with Crippen molar-refractivity contribution >= 4 is 23.2 Å². The predicted molar refractivity (Wildman–Crippen MR) is 66.2 cm³/mol. The van der Waals surface area contributed by atoms with Crippen molar-refractivity contribution in [2.24, 2.45) is 0 Å². The third-order valence-electron chi connectivity index (χ3n) is 2.46. The lowest BCUT2D eigenvalue weighted by Gasteiger charge is -2.11. The molecule has 9 heteroatoms. The molecular formula is C10H11N5O3S. The van der Waals surface area contributed by atoms with Gasteiger partial charge in [0.25, 0.3) is 5.91 Å². The van der Waals surface area contributed by atoms with Gasteiger partial charge in [-0.2, -0.15) is 4.68 Å². The Labute approximate surface area is 112 Å². The standard InChI is InChI=1S/C10H11N5O3S/c1-2-6(10(17)18)12-9(16)8-7(3-4-19-8)15-5-11-13-14-15/h3-6H,2H2,1H3,(H,12,16)(H,17,18)/t6-/m1/s1. The Morgan fingerprint density at radius 1 is 1.58 bits per heavy atom. The van der Waals surface area contributed by atoms with E-state index in [4.69, 9.17) is 5.11 Å². The van der Waals surface area contributed by atoms with Crippen LogP contribution >= 0.6 is 11.3 Å². The number of amides is 1. The summed E-state index contributed by atoms with van der Waals surface area (Å²) in [5.41, 5.74) is 0.521. The van der Waals surface area contributed by atoms with Crippen LogP contribution in [0.3, 0.4) is 0 Å². The van der Waals surface area contributed by atoms with E-state index in [1.54, 1.807) is 18.4 Å². The molecule has 0 radical (unpaired) electrons. The summed E-state index contributed by atoms with van der Waals surface area (Å²) in [5, 5.41) is 23.8.